The summed E-state index contributed by atoms with van der Waals surface area (Å²) >= 11 is 0. The number of aromatic hydroxyl groups is 2. The van der Waals surface area contributed by atoms with Crippen LogP contribution in [-0.4, -0.2) is 10.2 Å². The van der Waals surface area contributed by atoms with Crippen molar-refractivity contribution >= 4 is 10.8 Å². The van der Waals surface area contributed by atoms with Gasteiger partial charge in [-0.25, -0.2) is 0 Å². The lowest BCUT2D eigenvalue weighted by atomic mass is 9.83. The maximum absolute atomic E-state index is 9.96. The van der Waals surface area contributed by atoms with Gasteiger partial charge in [0.1, 0.15) is 11.5 Å². The van der Waals surface area contributed by atoms with Crippen molar-refractivity contribution in [1.82, 2.24) is 0 Å². The van der Waals surface area contributed by atoms with Gasteiger partial charge in [0.25, 0.3) is 0 Å². The highest BCUT2D eigenvalue weighted by atomic mass is 16.3. The first-order valence-electron chi connectivity index (χ1n) is 5.35. The molecule has 0 aliphatic heterocycles. The Morgan fingerprint density at radius 3 is 2.00 bits per heavy atom. The first-order chi connectivity index (χ1) is 7.41. The molecule has 0 aliphatic carbocycles. The van der Waals surface area contributed by atoms with Gasteiger partial charge in [0.15, 0.2) is 0 Å². The molecule has 2 aromatic carbocycles. The van der Waals surface area contributed by atoms with Crippen LogP contribution in [0.1, 0.15) is 26.3 Å². The monoisotopic (exact) mass is 216 g/mol. The highest BCUT2D eigenvalue weighted by Gasteiger charge is 2.22. The van der Waals surface area contributed by atoms with E-state index in [1.54, 1.807) is 0 Å². The zero-order valence-electron chi connectivity index (χ0n) is 9.78. The predicted octanol–water partition coefficient (Wildman–Crippen LogP) is 3.55. The Labute approximate surface area is 95.2 Å². The molecule has 2 aromatic rings. The van der Waals surface area contributed by atoms with Crippen molar-refractivity contribution in [3.63, 3.8) is 0 Å². The zero-order chi connectivity index (χ0) is 11.9. The minimum Gasteiger partial charge on any atom is -0.507 e. The van der Waals surface area contributed by atoms with E-state index >= 15 is 0 Å². The summed E-state index contributed by atoms with van der Waals surface area (Å²) in [5.74, 6) is 0.282. The summed E-state index contributed by atoms with van der Waals surface area (Å²) in [6.07, 6.45) is 0. The van der Waals surface area contributed by atoms with Crippen molar-refractivity contribution in [3.8, 4) is 11.5 Å². The Morgan fingerprint density at radius 1 is 0.875 bits per heavy atom. The molecule has 2 rings (SSSR count). The number of phenols is 2. The van der Waals surface area contributed by atoms with Crippen LogP contribution < -0.4 is 0 Å². The molecule has 84 valence electrons. The van der Waals surface area contributed by atoms with Gasteiger partial charge in [-0.15, -0.1) is 0 Å². The van der Waals surface area contributed by atoms with E-state index in [1.165, 1.54) is 6.07 Å². The molecule has 2 N–H and O–H groups in total. The van der Waals surface area contributed by atoms with Crippen molar-refractivity contribution in [2.24, 2.45) is 0 Å². The van der Waals surface area contributed by atoms with E-state index in [0.717, 1.165) is 16.3 Å². The van der Waals surface area contributed by atoms with E-state index in [4.69, 9.17) is 0 Å². The Balaban J connectivity index is 2.93. The number of benzene rings is 2. The third kappa shape index (κ3) is 1.60. The molecule has 2 nitrogen and oxygen atoms in total. The van der Waals surface area contributed by atoms with Crippen LogP contribution in [0.15, 0.2) is 30.3 Å². The minimum absolute atomic E-state index is 0.126. The summed E-state index contributed by atoms with van der Waals surface area (Å²) in [5, 5.41) is 21.4. The van der Waals surface area contributed by atoms with E-state index in [0.29, 0.717) is 0 Å². The first-order valence-corrected chi connectivity index (χ1v) is 5.35. The number of fused-ring (bicyclic) bond motifs is 1. The average molecular weight is 216 g/mol. The molecule has 2 heteroatoms. The van der Waals surface area contributed by atoms with Crippen molar-refractivity contribution in [2.45, 2.75) is 26.2 Å². The summed E-state index contributed by atoms with van der Waals surface area (Å²) < 4.78 is 0. The highest BCUT2D eigenvalue weighted by molar-refractivity contribution is 5.93. The molecule has 0 atom stereocenters. The van der Waals surface area contributed by atoms with Crippen molar-refractivity contribution < 1.29 is 10.2 Å². The molecular formula is C14H16O2. The molecule has 0 amide bonds. The Kier molecular flexibility index (Phi) is 2.30. The summed E-state index contributed by atoms with van der Waals surface area (Å²) in [5.41, 5.74) is 0.720. The largest absolute Gasteiger partial charge is 0.507 e. The smallest absolute Gasteiger partial charge is 0.127 e. The molecule has 0 saturated heterocycles. The van der Waals surface area contributed by atoms with Crippen LogP contribution >= 0.6 is 0 Å². The third-order valence-electron chi connectivity index (χ3n) is 2.75. The maximum Gasteiger partial charge on any atom is 0.127 e. The summed E-state index contributed by atoms with van der Waals surface area (Å²) in [4.78, 5) is 0. The Bertz CT molecular complexity index is 536. The van der Waals surface area contributed by atoms with Gasteiger partial charge in [-0.3, -0.25) is 0 Å². The van der Waals surface area contributed by atoms with Crippen molar-refractivity contribution in [1.29, 1.82) is 0 Å². The molecule has 0 bridgehead atoms. The first kappa shape index (κ1) is 10.8. The van der Waals surface area contributed by atoms with E-state index in [2.05, 4.69) is 0 Å². The quantitative estimate of drug-likeness (QED) is 0.707. The van der Waals surface area contributed by atoms with Crippen LogP contribution in [-0.2, 0) is 5.41 Å². The van der Waals surface area contributed by atoms with E-state index in [-0.39, 0.29) is 16.9 Å². The van der Waals surface area contributed by atoms with E-state index in [1.807, 2.05) is 45.0 Å². The Hall–Kier alpha value is -1.70. The lowest BCUT2D eigenvalue weighted by Gasteiger charge is -2.23. The van der Waals surface area contributed by atoms with Gasteiger partial charge in [-0.1, -0.05) is 45.0 Å². The molecule has 0 fully saturated rings. The Morgan fingerprint density at radius 2 is 1.44 bits per heavy atom. The normalized spacial score (nSPS) is 11.9. The van der Waals surface area contributed by atoms with Gasteiger partial charge in [0, 0.05) is 17.0 Å². The number of hydrogen-bond acceptors (Lipinski definition) is 2. The van der Waals surface area contributed by atoms with Crippen molar-refractivity contribution in [3.05, 3.63) is 35.9 Å². The molecule has 0 unspecified atom stereocenters. The van der Waals surface area contributed by atoms with Crippen LogP contribution in [0.2, 0.25) is 0 Å². The van der Waals surface area contributed by atoms with Crippen LogP contribution in [0, 0.1) is 0 Å². The third-order valence-corrected chi connectivity index (χ3v) is 2.75. The fourth-order valence-corrected chi connectivity index (χ4v) is 2.13. The van der Waals surface area contributed by atoms with Crippen LogP contribution in [0.4, 0.5) is 0 Å². The summed E-state index contributed by atoms with van der Waals surface area (Å²) in [6.45, 7) is 6.14. The van der Waals surface area contributed by atoms with Crippen molar-refractivity contribution in [2.75, 3.05) is 0 Å². The summed E-state index contributed by atoms with van der Waals surface area (Å²) in [6, 6.07) is 9.00. The van der Waals surface area contributed by atoms with E-state index in [9.17, 15) is 10.2 Å². The standard InChI is InChI=1S/C14H16O2/c1-14(2,3)13-10-7-5-4-6-9(10)11(15)8-12(13)16/h4-8,15-16H,1-3H3. The molecule has 0 saturated carbocycles. The number of rotatable bonds is 0. The van der Waals surface area contributed by atoms with Gasteiger partial charge in [0.2, 0.25) is 0 Å². The lowest BCUT2D eigenvalue weighted by molar-refractivity contribution is 0.436. The van der Waals surface area contributed by atoms with Gasteiger partial charge in [0.05, 0.1) is 0 Å². The molecule has 0 aliphatic rings. The van der Waals surface area contributed by atoms with Crippen LogP contribution in [0.5, 0.6) is 11.5 Å². The molecule has 0 heterocycles. The molecular weight excluding hydrogens is 200 g/mol. The molecule has 0 radical (unpaired) electrons. The maximum atomic E-state index is 9.96. The number of phenolic OH excluding ortho intramolecular Hbond substituents is 2. The average Bonchev–Trinajstić information content (AvgIpc) is 2.15. The predicted molar refractivity (Wildman–Crippen MR) is 66.0 cm³/mol. The number of hydrogen-bond donors (Lipinski definition) is 2. The van der Waals surface area contributed by atoms with Gasteiger partial charge in [-0.2, -0.15) is 0 Å². The second-order valence-corrected chi connectivity index (χ2v) is 5.09. The fourth-order valence-electron chi connectivity index (χ4n) is 2.13. The van der Waals surface area contributed by atoms with E-state index < -0.39 is 0 Å². The lowest BCUT2D eigenvalue weighted by Crippen LogP contribution is -2.12. The second kappa shape index (κ2) is 3.41. The minimum atomic E-state index is -0.155. The highest BCUT2D eigenvalue weighted by Crippen LogP contribution is 2.40. The van der Waals surface area contributed by atoms with Gasteiger partial charge < -0.3 is 10.2 Å². The SMILES string of the molecule is CC(C)(C)c1c(O)cc(O)c2ccccc12. The molecule has 16 heavy (non-hydrogen) atoms. The summed E-state index contributed by atoms with van der Waals surface area (Å²) in [7, 11) is 0. The fraction of sp³-hybridized carbons (Fsp3) is 0.286. The second-order valence-electron chi connectivity index (χ2n) is 5.09. The van der Waals surface area contributed by atoms with Gasteiger partial charge in [-0.05, 0) is 10.8 Å². The topological polar surface area (TPSA) is 40.5 Å². The van der Waals surface area contributed by atoms with Crippen LogP contribution in [0.25, 0.3) is 10.8 Å². The zero-order valence-corrected chi connectivity index (χ0v) is 9.78. The van der Waals surface area contributed by atoms with Crippen LogP contribution in [0.3, 0.4) is 0 Å². The molecule has 0 aromatic heterocycles. The van der Waals surface area contributed by atoms with Gasteiger partial charge >= 0.3 is 0 Å². The molecule has 0 spiro atoms.